The SMILES string of the molecule is CCOC(=O)/C(=C\N)C(=O)c1ccc(F)c(OC)c1F. The van der Waals surface area contributed by atoms with Crippen LogP contribution in [0.1, 0.15) is 17.3 Å². The average Bonchev–Trinajstić information content (AvgIpc) is 2.40. The third kappa shape index (κ3) is 2.93. The number of methoxy groups -OCH3 is 1. The van der Waals surface area contributed by atoms with Gasteiger partial charge in [0.05, 0.1) is 19.3 Å². The van der Waals surface area contributed by atoms with Gasteiger partial charge in [0, 0.05) is 6.20 Å². The molecule has 0 radical (unpaired) electrons. The van der Waals surface area contributed by atoms with Gasteiger partial charge in [0.2, 0.25) is 5.78 Å². The van der Waals surface area contributed by atoms with E-state index in [0.29, 0.717) is 0 Å². The molecule has 7 heteroatoms. The molecule has 0 amide bonds. The maximum absolute atomic E-state index is 13.9. The number of ether oxygens (including phenoxy) is 2. The summed E-state index contributed by atoms with van der Waals surface area (Å²) in [5.74, 6) is -4.88. The summed E-state index contributed by atoms with van der Waals surface area (Å²) in [6.45, 7) is 1.57. The van der Waals surface area contributed by atoms with Gasteiger partial charge in [-0.25, -0.2) is 13.6 Å². The molecule has 0 fully saturated rings. The van der Waals surface area contributed by atoms with E-state index < -0.39 is 40.3 Å². The maximum atomic E-state index is 13.9. The molecule has 2 N–H and O–H groups in total. The fraction of sp³-hybridized carbons (Fsp3) is 0.231. The first kappa shape index (κ1) is 15.6. The summed E-state index contributed by atoms with van der Waals surface area (Å²) in [7, 11) is 1.06. The van der Waals surface area contributed by atoms with Crippen molar-refractivity contribution < 1.29 is 27.8 Å². The van der Waals surface area contributed by atoms with Crippen molar-refractivity contribution in [2.75, 3.05) is 13.7 Å². The standard InChI is InChI=1S/C13H13F2NO4/c1-3-20-13(18)8(6-16)11(17)7-4-5-9(14)12(19-2)10(7)15/h4-6H,3,16H2,1-2H3/b8-6-. The van der Waals surface area contributed by atoms with E-state index in [1.807, 2.05) is 0 Å². The van der Waals surface area contributed by atoms with Crippen molar-refractivity contribution in [3.8, 4) is 5.75 Å². The van der Waals surface area contributed by atoms with Crippen molar-refractivity contribution in [2.45, 2.75) is 6.92 Å². The summed E-state index contributed by atoms with van der Waals surface area (Å²) in [5, 5.41) is 0. The normalized spacial score (nSPS) is 11.1. The second kappa shape index (κ2) is 6.65. The van der Waals surface area contributed by atoms with E-state index in [-0.39, 0.29) is 6.61 Å². The first-order chi connectivity index (χ1) is 9.47. The Morgan fingerprint density at radius 2 is 2.00 bits per heavy atom. The van der Waals surface area contributed by atoms with Gasteiger partial charge < -0.3 is 15.2 Å². The number of benzene rings is 1. The lowest BCUT2D eigenvalue weighted by Crippen LogP contribution is -2.19. The topological polar surface area (TPSA) is 78.6 Å². The van der Waals surface area contributed by atoms with Crippen LogP contribution in [0.3, 0.4) is 0 Å². The monoisotopic (exact) mass is 285 g/mol. The van der Waals surface area contributed by atoms with Crippen molar-refractivity contribution in [1.29, 1.82) is 0 Å². The molecule has 0 aliphatic carbocycles. The molecule has 0 bridgehead atoms. The molecule has 0 saturated carbocycles. The van der Waals surface area contributed by atoms with E-state index in [0.717, 1.165) is 25.4 Å². The molecular formula is C13H13F2NO4. The number of rotatable bonds is 5. The Morgan fingerprint density at radius 1 is 1.35 bits per heavy atom. The highest BCUT2D eigenvalue weighted by Gasteiger charge is 2.26. The number of esters is 1. The average molecular weight is 285 g/mol. The number of carbonyl (C=O) groups is 2. The van der Waals surface area contributed by atoms with Crippen molar-refractivity contribution >= 4 is 11.8 Å². The Bertz CT molecular complexity index is 570. The first-order valence-electron chi connectivity index (χ1n) is 5.63. The molecule has 1 aromatic rings. The van der Waals surface area contributed by atoms with Gasteiger partial charge in [-0.2, -0.15) is 0 Å². The molecule has 0 heterocycles. The smallest absolute Gasteiger partial charge is 0.343 e. The van der Waals surface area contributed by atoms with Gasteiger partial charge >= 0.3 is 5.97 Å². The molecule has 108 valence electrons. The molecule has 5 nitrogen and oxygen atoms in total. The lowest BCUT2D eigenvalue weighted by molar-refractivity contribution is -0.138. The summed E-state index contributed by atoms with van der Waals surface area (Å²) in [6.07, 6.45) is 0.718. The van der Waals surface area contributed by atoms with E-state index in [4.69, 9.17) is 5.73 Å². The van der Waals surface area contributed by atoms with Crippen LogP contribution in [0, 0.1) is 11.6 Å². The van der Waals surface area contributed by atoms with Crippen LogP contribution in [0.15, 0.2) is 23.9 Å². The quantitative estimate of drug-likeness (QED) is 0.292. The Hall–Kier alpha value is -2.44. The minimum atomic E-state index is -1.21. The lowest BCUT2D eigenvalue weighted by Gasteiger charge is -2.09. The van der Waals surface area contributed by atoms with Crippen LogP contribution in [-0.2, 0) is 9.53 Å². The molecule has 0 unspecified atom stereocenters. The third-order valence-corrected chi connectivity index (χ3v) is 2.40. The zero-order chi connectivity index (χ0) is 15.3. The molecule has 0 aromatic heterocycles. The summed E-state index contributed by atoms with van der Waals surface area (Å²) in [5.41, 5.74) is 4.10. The number of hydrogen-bond donors (Lipinski definition) is 1. The molecule has 20 heavy (non-hydrogen) atoms. The predicted molar refractivity (Wildman–Crippen MR) is 66.1 cm³/mol. The minimum Gasteiger partial charge on any atom is -0.491 e. The van der Waals surface area contributed by atoms with Gasteiger partial charge in [-0.05, 0) is 19.1 Å². The Morgan fingerprint density at radius 3 is 2.50 bits per heavy atom. The van der Waals surface area contributed by atoms with Gasteiger partial charge in [0.25, 0.3) is 0 Å². The van der Waals surface area contributed by atoms with Crippen molar-refractivity contribution in [2.24, 2.45) is 5.73 Å². The highest BCUT2D eigenvalue weighted by atomic mass is 19.1. The van der Waals surface area contributed by atoms with Crippen LogP contribution in [0.2, 0.25) is 0 Å². The number of ketones is 1. The second-order valence-corrected chi connectivity index (χ2v) is 3.57. The highest BCUT2D eigenvalue weighted by Crippen LogP contribution is 2.26. The van der Waals surface area contributed by atoms with Gasteiger partial charge in [-0.15, -0.1) is 0 Å². The summed E-state index contributed by atoms with van der Waals surface area (Å²) >= 11 is 0. The molecule has 0 aliphatic rings. The largest absolute Gasteiger partial charge is 0.491 e. The van der Waals surface area contributed by atoms with Crippen molar-refractivity contribution in [3.63, 3.8) is 0 Å². The zero-order valence-electron chi connectivity index (χ0n) is 10.9. The maximum Gasteiger partial charge on any atom is 0.343 e. The fourth-order valence-electron chi connectivity index (χ4n) is 1.49. The van der Waals surface area contributed by atoms with Gasteiger partial charge in [0.15, 0.2) is 17.4 Å². The molecule has 0 saturated heterocycles. The summed E-state index contributed by atoms with van der Waals surface area (Å²) < 4.78 is 36.3. The van der Waals surface area contributed by atoms with Crippen LogP contribution < -0.4 is 10.5 Å². The van der Waals surface area contributed by atoms with Crippen LogP contribution in [-0.4, -0.2) is 25.5 Å². The number of halogens is 2. The van der Waals surface area contributed by atoms with Crippen molar-refractivity contribution in [3.05, 3.63) is 41.1 Å². The number of hydrogen-bond acceptors (Lipinski definition) is 5. The molecule has 1 aromatic carbocycles. The molecule has 0 atom stereocenters. The fourth-order valence-corrected chi connectivity index (χ4v) is 1.49. The Labute approximate surface area is 114 Å². The number of Topliss-reactive ketones (excluding diaryl/α,β-unsaturated/α-hetero) is 1. The van der Waals surface area contributed by atoms with Crippen LogP contribution in [0.4, 0.5) is 8.78 Å². The van der Waals surface area contributed by atoms with Crippen LogP contribution in [0.25, 0.3) is 0 Å². The Balaban J connectivity index is 3.24. The van der Waals surface area contributed by atoms with Crippen LogP contribution in [0.5, 0.6) is 5.75 Å². The van der Waals surface area contributed by atoms with E-state index in [9.17, 15) is 18.4 Å². The van der Waals surface area contributed by atoms with Gasteiger partial charge in [0.1, 0.15) is 5.57 Å². The number of carbonyl (C=O) groups excluding carboxylic acids is 2. The van der Waals surface area contributed by atoms with E-state index in [2.05, 4.69) is 9.47 Å². The van der Waals surface area contributed by atoms with Gasteiger partial charge in [-0.1, -0.05) is 0 Å². The van der Waals surface area contributed by atoms with Gasteiger partial charge in [-0.3, -0.25) is 4.79 Å². The highest BCUT2D eigenvalue weighted by molar-refractivity contribution is 6.24. The van der Waals surface area contributed by atoms with E-state index >= 15 is 0 Å². The molecule has 0 spiro atoms. The van der Waals surface area contributed by atoms with E-state index in [1.165, 1.54) is 6.92 Å². The molecule has 1 rings (SSSR count). The predicted octanol–water partition coefficient (Wildman–Crippen LogP) is 1.56. The Kier molecular flexibility index (Phi) is 5.19. The molecule has 0 aliphatic heterocycles. The molecular weight excluding hydrogens is 272 g/mol. The second-order valence-electron chi connectivity index (χ2n) is 3.57. The third-order valence-electron chi connectivity index (χ3n) is 2.40. The van der Waals surface area contributed by atoms with Crippen LogP contribution >= 0.6 is 0 Å². The zero-order valence-corrected chi connectivity index (χ0v) is 10.9. The summed E-state index contributed by atoms with van der Waals surface area (Å²) in [6, 6.07) is 1.76. The number of nitrogens with two attached hydrogens (primary N) is 1. The lowest BCUT2D eigenvalue weighted by atomic mass is 10.0. The minimum absolute atomic E-state index is 0.0265. The van der Waals surface area contributed by atoms with E-state index in [1.54, 1.807) is 0 Å². The van der Waals surface area contributed by atoms with Crippen molar-refractivity contribution in [1.82, 2.24) is 0 Å². The summed E-state index contributed by atoms with van der Waals surface area (Å²) in [4.78, 5) is 23.5. The first-order valence-corrected chi connectivity index (χ1v) is 5.63.